The molecule has 0 aromatic heterocycles. The smallest absolute Gasteiger partial charge is 0.335 e. The van der Waals surface area contributed by atoms with Crippen LogP contribution in [-0.4, -0.2) is 34.6 Å². The molecule has 0 amide bonds. The fourth-order valence-electron chi connectivity index (χ4n) is 4.51. The molecule has 34 heavy (non-hydrogen) atoms. The molecule has 0 saturated heterocycles. The molecule has 1 N–H and O–H groups in total. The molecule has 4 heteroatoms. The summed E-state index contributed by atoms with van der Waals surface area (Å²) in [6.07, 6.45) is 1.96. The molecule has 2 unspecified atom stereocenters. The van der Waals surface area contributed by atoms with Gasteiger partial charge in [0, 0.05) is 23.6 Å². The molecule has 3 aromatic carbocycles. The van der Waals surface area contributed by atoms with Gasteiger partial charge in [-0.2, -0.15) is 0 Å². The zero-order chi connectivity index (χ0) is 24.5. The zero-order valence-electron chi connectivity index (χ0n) is 20.8. The molecule has 3 rings (SSSR count). The van der Waals surface area contributed by atoms with Crippen LogP contribution in [0.4, 0.5) is 0 Å². The molecule has 0 saturated carbocycles. The van der Waals surface area contributed by atoms with Crippen LogP contribution in [0.2, 0.25) is 0 Å². The van der Waals surface area contributed by atoms with Crippen LogP contribution in [0.1, 0.15) is 73.5 Å². The van der Waals surface area contributed by atoms with Gasteiger partial charge in [-0.1, -0.05) is 67.6 Å². The Bertz CT molecular complexity index is 1030. The highest BCUT2D eigenvalue weighted by Gasteiger charge is 2.24. The summed E-state index contributed by atoms with van der Waals surface area (Å²) >= 11 is 0. The summed E-state index contributed by atoms with van der Waals surface area (Å²) in [5, 5.41) is 9.71. The fraction of sp³-hybridized carbons (Fsp3) is 0.367. The molecule has 0 heterocycles. The third kappa shape index (κ3) is 6.71. The molecule has 0 bridgehead atoms. The van der Waals surface area contributed by atoms with Gasteiger partial charge in [0.2, 0.25) is 0 Å². The summed E-state index contributed by atoms with van der Waals surface area (Å²) in [4.78, 5) is 14.4. The van der Waals surface area contributed by atoms with Crippen LogP contribution in [0, 0.1) is 0 Å². The third-order valence-electron chi connectivity index (χ3n) is 6.57. The molecule has 0 spiro atoms. The first-order chi connectivity index (χ1) is 16.4. The van der Waals surface area contributed by atoms with Gasteiger partial charge in [-0.25, -0.2) is 4.79 Å². The monoisotopic (exact) mass is 459 g/mol. The molecule has 0 aliphatic rings. The average molecular weight is 460 g/mol. The lowest BCUT2D eigenvalue weighted by molar-refractivity contribution is 0.0696. The second-order valence-corrected chi connectivity index (χ2v) is 9.17. The van der Waals surface area contributed by atoms with Crippen molar-refractivity contribution < 1.29 is 14.6 Å². The minimum atomic E-state index is -0.925. The van der Waals surface area contributed by atoms with E-state index in [1.165, 1.54) is 5.56 Å². The second-order valence-electron chi connectivity index (χ2n) is 9.17. The molecular weight excluding hydrogens is 422 g/mol. The minimum Gasteiger partial charge on any atom is -0.489 e. The molecule has 0 fully saturated rings. The first-order valence-corrected chi connectivity index (χ1v) is 12.2. The second kappa shape index (κ2) is 12.4. The molecular formula is C30H37NO3. The average Bonchev–Trinajstić information content (AvgIpc) is 2.86. The first-order valence-electron chi connectivity index (χ1n) is 12.2. The van der Waals surface area contributed by atoms with Gasteiger partial charge in [0.05, 0.1) is 5.56 Å². The van der Waals surface area contributed by atoms with Crippen LogP contribution in [0.25, 0.3) is 0 Å². The quantitative estimate of drug-likeness (QED) is 0.317. The highest BCUT2D eigenvalue weighted by molar-refractivity contribution is 5.88. The van der Waals surface area contributed by atoms with E-state index in [1.54, 1.807) is 12.1 Å². The zero-order valence-corrected chi connectivity index (χ0v) is 20.8. The van der Waals surface area contributed by atoms with E-state index in [0.717, 1.165) is 36.3 Å². The topological polar surface area (TPSA) is 49.8 Å². The molecule has 180 valence electrons. The molecule has 3 aromatic rings. The minimum absolute atomic E-state index is 0.0246. The van der Waals surface area contributed by atoms with E-state index in [9.17, 15) is 9.90 Å². The number of carboxylic acid groups (broad SMARTS) is 1. The van der Waals surface area contributed by atoms with E-state index in [4.69, 9.17) is 4.74 Å². The maximum atomic E-state index is 11.8. The van der Waals surface area contributed by atoms with E-state index in [1.807, 2.05) is 54.6 Å². The van der Waals surface area contributed by atoms with Gasteiger partial charge in [-0.15, -0.1) is 0 Å². The van der Waals surface area contributed by atoms with E-state index in [0.29, 0.717) is 18.7 Å². The number of aromatic carboxylic acids is 1. The van der Waals surface area contributed by atoms with Crippen molar-refractivity contribution in [2.45, 2.75) is 65.1 Å². The number of rotatable bonds is 12. The van der Waals surface area contributed by atoms with Crippen LogP contribution < -0.4 is 4.74 Å². The summed E-state index contributed by atoms with van der Waals surface area (Å²) < 4.78 is 6.28. The highest BCUT2D eigenvalue weighted by atomic mass is 16.5. The van der Waals surface area contributed by atoms with E-state index >= 15 is 0 Å². The van der Waals surface area contributed by atoms with Gasteiger partial charge in [-0.05, 0) is 69.5 Å². The van der Waals surface area contributed by atoms with Crippen molar-refractivity contribution in [3.8, 4) is 5.75 Å². The number of nitrogens with zero attached hydrogens (tertiary/aromatic N) is 1. The molecule has 0 aliphatic carbocycles. The maximum Gasteiger partial charge on any atom is 0.335 e. The van der Waals surface area contributed by atoms with Crippen molar-refractivity contribution >= 4 is 5.97 Å². The Kier molecular flexibility index (Phi) is 9.29. The van der Waals surface area contributed by atoms with Crippen molar-refractivity contribution in [3.05, 3.63) is 101 Å². The normalized spacial score (nSPS) is 13.1. The van der Waals surface area contributed by atoms with E-state index in [-0.39, 0.29) is 11.5 Å². The number of carboxylic acids is 1. The van der Waals surface area contributed by atoms with E-state index in [2.05, 4.69) is 44.7 Å². The van der Waals surface area contributed by atoms with Gasteiger partial charge < -0.3 is 9.84 Å². The number of hydrogen-bond acceptors (Lipinski definition) is 3. The molecule has 4 nitrogen and oxygen atoms in total. The lowest BCUT2D eigenvalue weighted by Crippen LogP contribution is -2.39. The Morgan fingerprint density at radius 1 is 0.941 bits per heavy atom. The van der Waals surface area contributed by atoms with Crippen molar-refractivity contribution in [3.63, 3.8) is 0 Å². The standard InChI is InChI=1S/C30H37NO3/c1-5-23(4)31(22(2)3)19-18-27(25-14-10-7-11-15-25)28-20-26(30(32)33)16-17-29(28)34-21-24-12-8-6-9-13-24/h6-17,20,22-23,27H,5,18-19,21H2,1-4H3,(H,32,33). The molecule has 2 atom stereocenters. The summed E-state index contributed by atoms with van der Waals surface area (Å²) in [6.45, 7) is 10.3. The molecule has 0 aliphatic heterocycles. The molecule has 0 radical (unpaired) electrons. The van der Waals surface area contributed by atoms with Crippen molar-refractivity contribution in [2.75, 3.05) is 6.54 Å². The number of ether oxygens (including phenoxy) is 1. The number of benzene rings is 3. The largest absolute Gasteiger partial charge is 0.489 e. The van der Waals surface area contributed by atoms with Crippen LogP contribution in [0.5, 0.6) is 5.75 Å². The van der Waals surface area contributed by atoms with Crippen molar-refractivity contribution in [1.29, 1.82) is 0 Å². The van der Waals surface area contributed by atoms with Crippen molar-refractivity contribution in [1.82, 2.24) is 4.90 Å². The van der Waals surface area contributed by atoms with Gasteiger partial charge in [0.25, 0.3) is 0 Å². The summed E-state index contributed by atoms with van der Waals surface area (Å²) in [7, 11) is 0. The number of carbonyl (C=O) groups is 1. The Hall–Kier alpha value is -3.11. The Morgan fingerprint density at radius 3 is 2.18 bits per heavy atom. The highest BCUT2D eigenvalue weighted by Crippen LogP contribution is 2.36. The van der Waals surface area contributed by atoms with Crippen LogP contribution >= 0.6 is 0 Å². The van der Waals surface area contributed by atoms with Crippen LogP contribution in [0.3, 0.4) is 0 Å². The summed E-state index contributed by atoms with van der Waals surface area (Å²) in [6, 6.07) is 26.6. The Labute approximate surface area is 204 Å². The Morgan fingerprint density at radius 2 is 1.59 bits per heavy atom. The van der Waals surface area contributed by atoms with E-state index < -0.39 is 5.97 Å². The lowest BCUT2D eigenvalue weighted by Gasteiger charge is -2.34. The predicted octanol–water partition coefficient (Wildman–Crippen LogP) is 6.99. The van der Waals surface area contributed by atoms with Gasteiger partial charge >= 0.3 is 5.97 Å². The van der Waals surface area contributed by atoms with Crippen LogP contribution in [0.15, 0.2) is 78.9 Å². The SMILES string of the molecule is CCC(C)N(CCC(c1ccccc1)c1cc(C(=O)O)ccc1OCc1ccccc1)C(C)C. The van der Waals surface area contributed by atoms with Gasteiger partial charge in [0.1, 0.15) is 12.4 Å². The first kappa shape index (κ1) is 25.5. The summed E-state index contributed by atoms with van der Waals surface area (Å²) in [5.41, 5.74) is 3.46. The van der Waals surface area contributed by atoms with Crippen molar-refractivity contribution in [2.24, 2.45) is 0 Å². The third-order valence-corrected chi connectivity index (χ3v) is 6.57. The van der Waals surface area contributed by atoms with Gasteiger partial charge in [0.15, 0.2) is 0 Å². The lowest BCUT2D eigenvalue weighted by atomic mass is 9.86. The van der Waals surface area contributed by atoms with Crippen LogP contribution in [-0.2, 0) is 6.61 Å². The maximum absolute atomic E-state index is 11.8. The fourth-order valence-corrected chi connectivity index (χ4v) is 4.51. The van der Waals surface area contributed by atoms with Gasteiger partial charge in [-0.3, -0.25) is 4.90 Å². The predicted molar refractivity (Wildman–Crippen MR) is 139 cm³/mol. The summed E-state index contributed by atoms with van der Waals surface area (Å²) in [5.74, 6) is -0.162. The Balaban J connectivity index is 1.98. The number of hydrogen-bond donors (Lipinski definition) is 1.